The summed E-state index contributed by atoms with van der Waals surface area (Å²) in [7, 11) is 0. The summed E-state index contributed by atoms with van der Waals surface area (Å²) in [5.74, 6) is -0.619. The minimum Gasteiger partial charge on any atom is -0.380 e. The van der Waals surface area contributed by atoms with E-state index in [-0.39, 0.29) is 11.6 Å². The number of benzene rings is 2. The van der Waals surface area contributed by atoms with Gasteiger partial charge in [-0.1, -0.05) is 23.7 Å². The van der Waals surface area contributed by atoms with Gasteiger partial charge in [-0.15, -0.1) is 0 Å². The van der Waals surface area contributed by atoms with Crippen LogP contribution < -0.4 is 5.32 Å². The van der Waals surface area contributed by atoms with Gasteiger partial charge in [0.25, 0.3) is 0 Å². The number of rotatable bonds is 3. The highest BCUT2D eigenvalue weighted by Crippen LogP contribution is 2.23. The summed E-state index contributed by atoms with van der Waals surface area (Å²) in [6.45, 7) is 2.14. The largest absolute Gasteiger partial charge is 0.380 e. The third-order valence-electron chi connectivity index (χ3n) is 2.65. The van der Waals surface area contributed by atoms with Crippen LogP contribution in [0.25, 0.3) is 0 Å². The van der Waals surface area contributed by atoms with Crippen LogP contribution in [0, 0.1) is 18.6 Å². The number of halogens is 3. The molecular formula is C14H12ClF2N. The number of aryl methyl sites for hydroxylation is 1. The maximum absolute atomic E-state index is 13.3. The van der Waals surface area contributed by atoms with Crippen molar-refractivity contribution >= 4 is 17.3 Å². The lowest BCUT2D eigenvalue weighted by atomic mass is 10.1. The first-order valence-electron chi connectivity index (χ1n) is 5.50. The molecule has 0 saturated heterocycles. The van der Waals surface area contributed by atoms with E-state index in [1.54, 1.807) is 19.1 Å². The van der Waals surface area contributed by atoms with Crippen molar-refractivity contribution in [1.29, 1.82) is 0 Å². The Morgan fingerprint density at radius 3 is 2.56 bits per heavy atom. The van der Waals surface area contributed by atoms with E-state index < -0.39 is 0 Å². The molecule has 2 aromatic rings. The maximum atomic E-state index is 13.3. The monoisotopic (exact) mass is 267 g/mol. The van der Waals surface area contributed by atoms with Crippen LogP contribution in [0.5, 0.6) is 0 Å². The van der Waals surface area contributed by atoms with Crippen molar-refractivity contribution in [3.8, 4) is 0 Å². The van der Waals surface area contributed by atoms with Gasteiger partial charge in [-0.3, -0.25) is 0 Å². The van der Waals surface area contributed by atoms with Crippen LogP contribution >= 0.6 is 11.6 Å². The Morgan fingerprint density at radius 2 is 1.89 bits per heavy atom. The molecule has 0 aromatic heterocycles. The van der Waals surface area contributed by atoms with Gasteiger partial charge in [0.2, 0.25) is 0 Å². The molecule has 0 saturated carbocycles. The van der Waals surface area contributed by atoms with E-state index in [0.29, 0.717) is 22.8 Å². The van der Waals surface area contributed by atoms with E-state index in [0.717, 1.165) is 5.56 Å². The first kappa shape index (κ1) is 12.8. The highest BCUT2D eigenvalue weighted by molar-refractivity contribution is 6.33. The molecule has 0 aliphatic rings. The minimum atomic E-state index is -0.382. The summed E-state index contributed by atoms with van der Waals surface area (Å²) < 4.78 is 26.2. The Labute approximate surface area is 109 Å². The molecule has 94 valence electrons. The second-order valence-electron chi connectivity index (χ2n) is 4.06. The van der Waals surface area contributed by atoms with Crippen LogP contribution in [0.15, 0.2) is 36.4 Å². The van der Waals surface area contributed by atoms with Crippen molar-refractivity contribution in [2.24, 2.45) is 0 Å². The van der Waals surface area contributed by atoms with Crippen molar-refractivity contribution < 1.29 is 8.78 Å². The summed E-state index contributed by atoms with van der Waals surface area (Å²) in [4.78, 5) is 0. The van der Waals surface area contributed by atoms with Gasteiger partial charge >= 0.3 is 0 Å². The molecule has 0 bridgehead atoms. The molecule has 0 spiro atoms. The molecule has 2 aromatic carbocycles. The molecule has 0 unspecified atom stereocenters. The standard InChI is InChI=1S/C14H12ClF2N/c1-9-2-3-10(6-13(9)17)8-18-14-5-4-11(16)7-12(14)15/h2-7,18H,8H2,1H3. The van der Waals surface area contributed by atoms with Crippen molar-refractivity contribution in [2.75, 3.05) is 5.32 Å². The number of hydrogen-bond donors (Lipinski definition) is 1. The van der Waals surface area contributed by atoms with Crippen LogP contribution in [-0.2, 0) is 6.54 Å². The molecule has 1 nitrogen and oxygen atoms in total. The Hall–Kier alpha value is -1.61. The van der Waals surface area contributed by atoms with E-state index in [9.17, 15) is 8.78 Å². The Bertz CT molecular complexity index is 570. The summed E-state index contributed by atoms with van der Waals surface area (Å²) in [6, 6.07) is 9.15. The Balaban J connectivity index is 2.09. The molecule has 2 rings (SSSR count). The summed E-state index contributed by atoms with van der Waals surface area (Å²) in [5, 5.41) is 3.35. The fraction of sp³-hybridized carbons (Fsp3) is 0.143. The molecule has 0 amide bonds. The zero-order chi connectivity index (χ0) is 13.1. The van der Waals surface area contributed by atoms with Crippen molar-refractivity contribution in [3.63, 3.8) is 0 Å². The number of hydrogen-bond acceptors (Lipinski definition) is 1. The van der Waals surface area contributed by atoms with Gasteiger partial charge < -0.3 is 5.32 Å². The summed E-state index contributed by atoms with van der Waals surface area (Å²) in [6.07, 6.45) is 0. The average molecular weight is 268 g/mol. The number of anilines is 1. The van der Waals surface area contributed by atoms with Gasteiger partial charge in [-0.2, -0.15) is 0 Å². The Morgan fingerprint density at radius 1 is 1.11 bits per heavy atom. The zero-order valence-corrected chi connectivity index (χ0v) is 10.6. The van der Waals surface area contributed by atoms with Gasteiger partial charge in [0.05, 0.1) is 10.7 Å². The fourth-order valence-corrected chi connectivity index (χ4v) is 1.81. The van der Waals surface area contributed by atoms with Crippen LogP contribution in [-0.4, -0.2) is 0 Å². The molecule has 0 radical (unpaired) electrons. The lowest BCUT2D eigenvalue weighted by Gasteiger charge is -2.09. The Kier molecular flexibility index (Phi) is 3.82. The first-order chi connectivity index (χ1) is 8.56. The molecule has 18 heavy (non-hydrogen) atoms. The normalized spacial score (nSPS) is 10.4. The predicted octanol–water partition coefficient (Wildman–Crippen LogP) is 4.54. The fourth-order valence-electron chi connectivity index (χ4n) is 1.58. The molecule has 4 heteroatoms. The van der Waals surface area contributed by atoms with Crippen molar-refractivity contribution in [2.45, 2.75) is 13.5 Å². The quantitative estimate of drug-likeness (QED) is 0.861. The maximum Gasteiger partial charge on any atom is 0.126 e. The minimum absolute atomic E-state index is 0.237. The summed E-state index contributed by atoms with van der Waals surface area (Å²) >= 11 is 5.88. The average Bonchev–Trinajstić information content (AvgIpc) is 2.32. The van der Waals surface area contributed by atoms with Gasteiger partial charge in [-0.05, 0) is 42.3 Å². The van der Waals surface area contributed by atoms with E-state index in [1.165, 1.54) is 18.2 Å². The molecule has 0 fully saturated rings. The van der Waals surface area contributed by atoms with Crippen LogP contribution in [0.1, 0.15) is 11.1 Å². The topological polar surface area (TPSA) is 12.0 Å². The van der Waals surface area contributed by atoms with Gasteiger partial charge in [0.15, 0.2) is 0 Å². The summed E-state index contributed by atoms with van der Waals surface area (Å²) in [5.41, 5.74) is 2.04. The molecule has 0 atom stereocenters. The van der Waals surface area contributed by atoms with E-state index in [1.807, 2.05) is 6.07 Å². The highest BCUT2D eigenvalue weighted by Gasteiger charge is 2.03. The lowest BCUT2D eigenvalue weighted by Crippen LogP contribution is -2.01. The third-order valence-corrected chi connectivity index (χ3v) is 2.96. The SMILES string of the molecule is Cc1ccc(CNc2ccc(F)cc2Cl)cc1F. The molecule has 0 heterocycles. The van der Waals surface area contributed by atoms with Crippen LogP contribution in [0.2, 0.25) is 5.02 Å². The van der Waals surface area contributed by atoms with Gasteiger partial charge in [0.1, 0.15) is 11.6 Å². The molecule has 0 aliphatic carbocycles. The lowest BCUT2D eigenvalue weighted by molar-refractivity contribution is 0.616. The van der Waals surface area contributed by atoms with Crippen molar-refractivity contribution in [3.05, 3.63) is 64.2 Å². The smallest absolute Gasteiger partial charge is 0.126 e. The van der Waals surface area contributed by atoms with Gasteiger partial charge in [0, 0.05) is 6.54 Å². The zero-order valence-electron chi connectivity index (χ0n) is 9.81. The van der Waals surface area contributed by atoms with Gasteiger partial charge in [-0.25, -0.2) is 8.78 Å². The number of nitrogens with one attached hydrogen (secondary N) is 1. The molecule has 1 N–H and O–H groups in total. The molecular weight excluding hydrogens is 256 g/mol. The highest BCUT2D eigenvalue weighted by atomic mass is 35.5. The van der Waals surface area contributed by atoms with Crippen molar-refractivity contribution in [1.82, 2.24) is 0 Å². The van der Waals surface area contributed by atoms with E-state index in [2.05, 4.69) is 5.32 Å². The van der Waals surface area contributed by atoms with Crippen LogP contribution in [0.3, 0.4) is 0 Å². The molecule has 0 aliphatic heterocycles. The van der Waals surface area contributed by atoms with Crippen LogP contribution in [0.4, 0.5) is 14.5 Å². The van der Waals surface area contributed by atoms with E-state index >= 15 is 0 Å². The third kappa shape index (κ3) is 2.99. The first-order valence-corrected chi connectivity index (χ1v) is 5.88. The predicted molar refractivity (Wildman–Crippen MR) is 69.9 cm³/mol. The second-order valence-corrected chi connectivity index (χ2v) is 4.47. The van der Waals surface area contributed by atoms with E-state index in [4.69, 9.17) is 11.6 Å². The second kappa shape index (κ2) is 5.36.